The highest BCUT2D eigenvalue weighted by Gasteiger charge is 2.14. The van der Waals surface area contributed by atoms with Crippen LogP contribution in [0.4, 0.5) is 5.82 Å². The summed E-state index contributed by atoms with van der Waals surface area (Å²) in [6, 6.07) is 5.13. The number of anilines is 1. The molecule has 0 atom stereocenters. The summed E-state index contributed by atoms with van der Waals surface area (Å²) in [4.78, 5) is 17.1. The van der Waals surface area contributed by atoms with Gasteiger partial charge in [-0.3, -0.25) is 0 Å². The van der Waals surface area contributed by atoms with Gasteiger partial charge in [-0.05, 0) is 25.1 Å². The quantitative estimate of drug-likeness (QED) is 0.912. The second-order valence-corrected chi connectivity index (χ2v) is 4.33. The molecular weight excluding hydrogens is 268 g/mol. The van der Waals surface area contributed by atoms with Gasteiger partial charge in [0.2, 0.25) is 0 Å². The van der Waals surface area contributed by atoms with Crippen LogP contribution in [0.1, 0.15) is 23.0 Å². The Kier molecular flexibility index (Phi) is 4.06. The Labute approximate surface area is 115 Å². The number of carbonyl (C=O) groups is 1. The van der Waals surface area contributed by atoms with E-state index in [4.69, 9.17) is 21.1 Å². The van der Waals surface area contributed by atoms with E-state index >= 15 is 0 Å². The van der Waals surface area contributed by atoms with Gasteiger partial charge in [0.15, 0.2) is 0 Å². The van der Waals surface area contributed by atoms with Crippen molar-refractivity contribution in [1.82, 2.24) is 4.98 Å². The SMILES string of the molecule is CCN(Cc1ccco1)c1cc(C(=O)O)c(Cl)cn1. The fraction of sp³-hybridized carbons (Fsp3) is 0.231. The van der Waals surface area contributed by atoms with Gasteiger partial charge in [0.25, 0.3) is 0 Å². The molecule has 0 bridgehead atoms. The van der Waals surface area contributed by atoms with Crippen LogP contribution in [0.3, 0.4) is 0 Å². The van der Waals surface area contributed by atoms with Crippen LogP contribution < -0.4 is 4.90 Å². The van der Waals surface area contributed by atoms with E-state index in [1.165, 1.54) is 12.3 Å². The smallest absolute Gasteiger partial charge is 0.337 e. The van der Waals surface area contributed by atoms with Crippen LogP contribution in [0, 0.1) is 0 Å². The molecule has 0 fully saturated rings. The lowest BCUT2D eigenvalue weighted by atomic mass is 10.2. The first-order chi connectivity index (χ1) is 9.11. The van der Waals surface area contributed by atoms with E-state index < -0.39 is 5.97 Å². The number of aromatic nitrogens is 1. The lowest BCUT2D eigenvalue weighted by Crippen LogP contribution is -2.23. The summed E-state index contributed by atoms with van der Waals surface area (Å²) in [5, 5.41) is 9.18. The van der Waals surface area contributed by atoms with E-state index in [0.29, 0.717) is 18.9 Å². The molecule has 1 N–H and O–H groups in total. The maximum Gasteiger partial charge on any atom is 0.337 e. The van der Waals surface area contributed by atoms with E-state index in [0.717, 1.165) is 5.76 Å². The fourth-order valence-electron chi connectivity index (χ4n) is 1.71. The van der Waals surface area contributed by atoms with Gasteiger partial charge in [0.1, 0.15) is 11.6 Å². The van der Waals surface area contributed by atoms with E-state index in [9.17, 15) is 4.79 Å². The van der Waals surface area contributed by atoms with Crippen molar-refractivity contribution in [2.45, 2.75) is 13.5 Å². The fourth-order valence-corrected chi connectivity index (χ4v) is 1.89. The summed E-state index contributed by atoms with van der Waals surface area (Å²) >= 11 is 5.80. The maximum atomic E-state index is 11.1. The zero-order chi connectivity index (χ0) is 13.8. The number of nitrogens with zero attached hydrogens (tertiary/aromatic N) is 2. The van der Waals surface area contributed by atoms with Gasteiger partial charge in [-0.2, -0.15) is 0 Å². The highest BCUT2D eigenvalue weighted by molar-refractivity contribution is 6.33. The average Bonchev–Trinajstić information content (AvgIpc) is 2.89. The standard InChI is InChI=1S/C13H13ClN2O3/c1-2-16(8-9-4-3-5-19-9)12-6-10(13(17)18)11(14)7-15-12/h3-7H,2,8H2,1H3,(H,17,18). The number of carboxylic acid groups (broad SMARTS) is 1. The minimum absolute atomic E-state index is 0.0459. The van der Waals surface area contributed by atoms with E-state index in [2.05, 4.69) is 4.98 Å². The molecule has 0 aliphatic rings. The van der Waals surface area contributed by atoms with Crippen molar-refractivity contribution in [3.8, 4) is 0 Å². The number of carboxylic acids is 1. The number of hydrogen-bond donors (Lipinski definition) is 1. The van der Waals surface area contributed by atoms with E-state index in [-0.39, 0.29) is 10.6 Å². The largest absolute Gasteiger partial charge is 0.478 e. The number of pyridine rings is 1. The van der Waals surface area contributed by atoms with Crippen molar-refractivity contribution < 1.29 is 14.3 Å². The highest BCUT2D eigenvalue weighted by atomic mass is 35.5. The Morgan fingerprint density at radius 3 is 2.95 bits per heavy atom. The maximum absolute atomic E-state index is 11.1. The van der Waals surface area contributed by atoms with Gasteiger partial charge in [-0.15, -0.1) is 0 Å². The average molecular weight is 281 g/mol. The third-order valence-corrected chi connectivity index (χ3v) is 3.01. The molecule has 0 aromatic carbocycles. The molecule has 2 rings (SSSR count). The normalized spacial score (nSPS) is 10.4. The lowest BCUT2D eigenvalue weighted by molar-refractivity contribution is 0.0697. The second-order valence-electron chi connectivity index (χ2n) is 3.92. The summed E-state index contributed by atoms with van der Waals surface area (Å²) < 4.78 is 5.28. The topological polar surface area (TPSA) is 66.6 Å². The van der Waals surface area contributed by atoms with Crippen LogP contribution in [0.2, 0.25) is 5.02 Å². The molecular formula is C13H13ClN2O3. The monoisotopic (exact) mass is 280 g/mol. The van der Waals surface area contributed by atoms with Gasteiger partial charge < -0.3 is 14.4 Å². The first-order valence-electron chi connectivity index (χ1n) is 5.78. The Bertz CT molecular complexity index is 569. The zero-order valence-corrected chi connectivity index (χ0v) is 11.1. The third kappa shape index (κ3) is 3.06. The summed E-state index contributed by atoms with van der Waals surface area (Å²) in [5.41, 5.74) is 0.0459. The molecule has 0 radical (unpaired) electrons. The van der Waals surface area contributed by atoms with Crippen molar-refractivity contribution in [2.24, 2.45) is 0 Å². The first-order valence-corrected chi connectivity index (χ1v) is 6.15. The summed E-state index contributed by atoms with van der Waals surface area (Å²) in [7, 11) is 0. The van der Waals surface area contributed by atoms with E-state index in [1.54, 1.807) is 12.3 Å². The molecule has 5 nitrogen and oxygen atoms in total. The van der Waals surface area contributed by atoms with E-state index in [1.807, 2.05) is 17.9 Å². The number of furan rings is 1. The molecule has 6 heteroatoms. The van der Waals surface area contributed by atoms with Gasteiger partial charge in [0, 0.05) is 12.7 Å². The number of halogens is 1. The Morgan fingerprint density at radius 1 is 1.58 bits per heavy atom. The molecule has 19 heavy (non-hydrogen) atoms. The van der Waals surface area contributed by atoms with Crippen molar-refractivity contribution in [3.63, 3.8) is 0 Å². The molecule has 2 aromatic rings. The Hall–Kier alpha value is -2.01. The minimum atomic E-state index is -1.07. The van der Waals surface area contributed by atoms with Gasteiger partial charge in [-0.25, -0.2) is 9.78 Å². The predicted molar refractivity (Wildman–Crippen MR) is 71.6 cm³/mol. The van der Waals surface area contributed by atoms with Crippen LogP contribution >= 0.6 is 11.6 Å². The van der Waals surface area contributed by atoms with Crippen LogP contribution in [-0.2, 0) is 6.54 Å². The number of rotatable bonds is 5. The number of hydrogen-bond acceptors (Lipinski definition) is 4. The minimum Gasteiger partial charge on any atom is -0.478 e. The van der Waals surface area contributed by atoms with Crippen LogP contribution in [0.25, 0.3) is 0 Å². The molecule has 0 aliphatic heterocycles. The van der Waals surface area contributed by atoms with Crippen LogP contribution in [-0.4, -0.2) is 22.6 Å². The second kappa shape index (κ2) is 5.75. The molecule has 2 aromatic heterocycles. The molecule has 0 aliphatic carbocycles. The Balaban J connectivity index is 2.28. The molecule has 100 valence electrons. The Morgan fingerprint density at radius 2 is 2.37 bits per heavy atom. The summed E-state index contributed by atoms with van der Waals surface area (Å²) in [6.07, 6.45) is 2.95. The van der Waals surface area contributed by atoms with Gasteiger partial charge in [-0.1, -0.05) is 11.6 Å². The van der Waals surface area contributed by atoms with Crippen molar-refractivity contribution in [1.29, 1.82) is 0 Å². The van der Waals surface area contributed by atoms with Crippen LogP contribution in [0.15, 0.2) is 35.1 Å². The molecule has 0 unspecified atom stereocenters. The van der Waals surface area contributed by atoms with Crippen molar-refractivity contribution >= 4 is 23.4 Å². The summed E-state index contributed by atoms with van der Waals surface area (Å²) in [5.74, 6) is 0.277. The number of aromatic carboxylic acids is 1. The predicted octanol–water partition coefficient (Wildman–Crippen LogP) is 3.05. The van der Waals surface area contributed by atoms with Crippen molar-refractivity contribution in [3.05, 3.63) is 47.0 Å². The highest BCUT2D eigenvalue weighted by Crippen LogP contribution is 2.21. The first kappa shape index (κ1) is 13.4. The zero-order valence-electron chi connectivity index (χ0n) is 10.3. The van der Waals surface area contributed by atoms with Gasteiger partial charge in [0.05, 0.1) is 23.4 Å². The lowest BCUT2D eigenvalue weighted by Gasteiger charge is -2.21. The summed E-state index contributed by atoms with van der Waals surface area (Å²) in [6.45, 7) is 3.16. The third-order valence-electron chi connectivity index (χ3n) is 2.70. The molecule has 0 saturated heterocycles. The molecule has 0 spiro atoms. The molecule has 0 amide bonds. The van der Waals surface area contributed by atoms with Gasteiger partial charge >= 0.3 is 5.97 Å². The molecule has 0 saturated carbocycles. The van der Waals surface area contributed by atoms with Crippen LogP contribution in [0.5, 0.6) is 0 Å². The van der Waals surface area contributed by atoms with Crippen molar-refractivity contribution in [2.75, 3.05) is 11.4 Å². The molecule has 2 heterocycles.